The second kappa shape index (κ2) is 8.55. The molecule has 0 bridgehead atoms. The fraction of sp³-hybridized carbons (Fsp3) is 0.0769. The van der Waals surface area contributed by atoms with Crippen molar-refractivity contribution in [3.8, 4) is 22.9 Å². The topological polar surface area (TPSA) is 81.9 Å². The molecule has 0 saturated carbocycles. The maximum absolute atomic E-state index is 13.5. The molecule has 0 spiro atoms. The third kappa shape index (κ3) is 4.04. The van der Waals surface area contributed by atoms with Gasteiger partial charge in [0.1, 0.15) is 11.4 Å². The van der Waals surface area contributed by atoms with Crippen molar-refractivity contribution in [2.45, 2.75) is 6.92 Å². The fourth-order valence-corrected chi connectivity index (χ4v) is 3.74. The van der Waals surface area contributed by atoms with E-state index >= 15 is 0 Å². The molecule has 162 valence electrons. The van der Waals surface area contributed by atoms with Crippen LogP contribution >= 0.6 is 0 Å². The molecule has 0 saturated heterocycles. The molecule has 0 aliphatic carbocycles. The summed E-state index contributed by atoms with van der Waals surface area (Å²) in [5.74, 6) is 0.655. The molecule has 7 nitrogen and oxygen atoms in total. The van der Waals surface area contributed by atoms with E-state index in [4.69, 9.17) is 9.72 Å². The number of ether oxygens (including phenoxy) is 1. The zero-order valence-corrected chi connectivity index (χ0v) is 18.2. The number of nitrogens with zero attached hydrogens (tertiary/aromatic N) is 4. The highest BCUT2D eigenvalue weighted by molar-refractivity contribution is 6.13. The van der Waals surface area contributed by atoms with E-state index in [1.54, 1.807) is 29.1 Å². The number of fused-ring (bicyclic) bond motifs is 1. The average Bonchev–Trinajstić information content (AvgIpc) is 3.14. The highest BCUT2D eigenvalue weighted by Crippen LogP contribution is 2.30. The van der Waals surface area contributed by atoms with Gasteiger partial charge in [0.15, 0.2) is 5.65 Å². The second-order valence-corrected chi connectivity index (χ2v) is 7.55. The number of hydrogen-bond donors (Lipinski definition) is 1. The zero-order chi connectivity index (χ0) is 22.8. The number of benzene rings is 2. The van der Waals surface area contributed by atoms with Crippen LogP contribution in [0.25, 0.3) is 22.3 Å². The van der Waals surface area contributed by atoms with Crippen molar-refractivity contribution < 1.29 is 9.53 Å². The van der Waals surface area contributed by atoms with Crippen molar-refractivity contribution in [1.82, 2.24) is 19.7 Å². The first-order valence-corrected chi connectivity index (χ1v) is 10.5. The monoisotopic (exact) mass is 435 g/mol. The number of para-hydroxylation sites is 1. The van der Waals surface area contributed by atoms with Crippen LogP contribution in [-0.2, 0) is 7.05 Å². The minimum atomic E-state index is -0.290. The summed E-state index contributed by atoms with van der Waals surface area (Å²) in [5.41, 5.74) is 3.95. The van der Waals surface area contributed by atoms with Gasteiger partial charge in [0.05, 0.1) is 22.3 Å². The molecule has 0 radical (unpaired) electrons. The molecule has 5 aromatic rings. The molecular weight excluding hydrogens is 414 g/mol. The Morgan fingerprint density at radius 2 is 1.70 bits per heavy atom. The molecular formula is C26H21N5O2. The summed E-state index contributed by atoms with van der Waals surface area (Å²) in [6.45, 7) is 1.87. The predicted molar refractivity (Wildman–Crippen MR) is 127 cm³/mol. The molecule has 0 atom stereocenters. The number of pyridine rings is 2. The number of carbonyl (C=O) groups excluding carboxylic acids is 1. The first-order valence-electron chi connectivity index (χ1n) is 10.5. The summed E-state index contributed by atoms with van der Waals surface area (Å²) in [6.07, 6.45) is 1.62. The largest absolute Gasteiger partial charge is 0.437 e. The summed E-state index contributed by atoms with van der Waals surface area (Å²) >= 11 is 0. The standard InChI is InChI=1S/C26H21N5O2/c1-17-23-20(16-22(18-10-5-3-6-11-18)28-24(23)31(2)30-17)25(32)29-21-14-9-15-27-26(21)33-19-12-7-4-8-13-19/h3-16H,1-2H3,(H,29,32). The lowest BCUT2D eigenvalue weighted by molar-refractivity contribution is 0.102. The van der Waals surface area contributed by atoms with Gasteiger partial charge in [-0.2, -0.15) is 5.10 Å². The van der Waals surface area contributed by atoms with Crippen LogP contribution in [0.1, 0.15) is 16.1 Å². The highest BCUT2D eigenvalue weighted by Gasteiger charge is 2.20. The number of nitrogens with one attached hydrogen (secondary N) is 1. The van der Waals surface area contributed by atoms with Crippen LogP contribution in [0.5, 0.6) is 11.6 Å². The minimum Gasteiger partial charge on any atom is -0.437 e. The van der Waals surface area contributed by atoms with Gasteiger partial charge in [-0.15, -0.1) is 0 Å². The zero-order valence-electron chi connectivity index (χ0n) is 18.2. The molecule has 5 rings (SSSR count). The molecule has 33 heavy (non-hydrogen) atoms. The quantitative estimate of drug-likeness (QED) is 0.401. The van der Waals surface area contributed by atoms with Gasteiger partial charge in [-0.05, 0) is 37.3 Å². The molecule has 0 aliphatic heterocycles. The third-order valence-corrected chi connectivity index (χ3v) is 5.26. The number of aryl methyl sites for hydroxylation is 2. The second-order valence-electron chi connectivity index (χ2n) is 7.55. The lowest BCUT2D eigenvalue weighted by Gasteiger charge is -2.12. The van der Waals surface area contributed by atoms with Crippen LogP contribution in [-0.4, -0.2) is 25.7 Å². The average molecular weight is 435 g/mol. The molecule has 0 fully saturated rings. The lowest BCUT2D eigenvalue weighted by Crippen LogP contribution is -2.14. The summed E-state index contributed by atoms with van der Waals surface area (Å²) in [4.78, 5) is 22.6. The van der Waals surface area contributed by atoms with E-state index in [1.807, 2.05) is 74.6 Å². The third-order valence-electron chi connectivity index (χ3n) is 5.26. The summed E-state index contributed by atoms with van der Waals surface area (Å²) in [5, 5.41) is 8.16. The molecule has 3 aromatic heterocycles. The summed E-state index contributed by atoms with van der Waals surface area (Å²) in [6, 6.07) is 24.4. The van der Waals surface area contributed by atoms with E-state index in [1.165, 1.54) is 0 Å². The van der Waals surface area contributed by atoms with E-state index in [9.17, 15) is 4.79 Å². The Morgan fingerprint density at radius 1 is 0.970 bits per heavy atom. The Labute approximate surface area is 190 Å². The van der Waals surface area contributed by atoms with Crippen LogP contribution in [0.3, 0.4) is 0 Å². The smallest absolute Gasteiger partial charge is 0.256 e. The van der Waals surface area contributed by atoms with E-state index in [2.05, 4.69) is 15.4 Å². The Morgan fingerprint density at radius 3 is 2.45 bits per heavy atom. The summed E-state index contributed by atoms with van der Waals surface area (Å²) in [7, 11) is 1.83. The van der Waals surface area contributed by atoms with E-state index in [0.29, 0.717) is 39.6 Å². The van der Waals surface area contributed by atoms with Gasteiger partial charge in [0.25, 0.3) is 5.91 Å². The molecule has 3 heterocycles. The van der Waals surface area contributed by atoms with Crippen LogP contribution in [0, 0.1) is 6.92 Å². The normalized spacial score (nSPS) is 10.8. The molecule has 0 unspecified atom stereocenters. The van der Waals surface area contributed by atoms with Gasteiger partial charge in [0, 0.05) is 18.8 Å². The Bertz CT molecular complexity index is 1450. The van der Waals surface area contributed by atoms with Gasteiger partial charge >= 0.3 is 0 Å². The van der Waals surface area contributed by atoms with E-state index in [0.717, 1.165) is 11.3 Å². The van der Waals surface area contributed by atoms with Crippen molar-refractivity contribution in [2.24, 2.45) is 7.05 Å². The summed E-state index contributed by atoms with van der Waals surface area (Å²) < 4.78 is 7.60. The molecule has 2 aromatic carbocycles. The number of anilines is 1. The molecule has 7 heteroatoms. The number of rotatable bonds is 5. The van der Waals surface area contributed by atoms with Crippen molar-refractivity contribution >= 4 is 22.6 Å². The Balaban J connectivity index is 1.56. The lowest BCUT2D eigenvalue weighted by atomic mass is 10.0. The van der Waals surface area contributed by atoms with Crippen molar-refractivity contribution in [3.63, 3.8) is 0 Å². The minimum absolute atomic E-state index is 0.290. The molecule has 0 aliphatic rings. The number of hydrogen-bond acceptors (Lipinski definition) is 5. The maximum atomic E-state index is 13.5. The van der Waals surface area contributed by atoms with Crippen LogP contribution < -0.4 is 10.1 Å². The van der Waals surface area contributed by atoms with Gasteiger partial charge in [-0.3, -0.25) is 9.48 Å². The molecule has 1 amide bonds. The van der Waals surface area contributed by atoms with Crippen LogP contribution in [0.2, 0.25) is 0 Å². The van der Waals surface area contributed by atoms with Crippen molar-refractivity contribution in [2.75, 3.05) is 5.32 Å². The number of amides is 1. The Hall–Kier alpha value is -4.52. The maximum Gasteiger partial charge on any atom is 0.256 e. The molecule has 1 N–H and O–H groups in total. The highest BCUT2D eigenvalue weighted by atomic mass is 16.5. The SMILES string of the molecule is Cc1nn(C)c2nc(-c3ccccc3)cc(C(=O)Nc3cccnc3Oc3ccccc3)c12. The fourth-order valence-electron chi connectivity index (χ4n) is 3.74. The van der Waals surface area contributed by atoms with Crippen LogP contribution in [0.4, 0.5) is 5.69 Å². The van der Waals surface area contributed by atoms with Crippen LogP contribution in [0.15, 0.2) is 85.1 Å². The first kappa shape index (κ1) is 20.4. The van der Waals surface area contributed by atoms with Crippen molar-refractivity contribution in [1.29, 1.82) is 0 Å². The van der Waals surface area contributed by atoms with Gasteiger partial charge in [0.2, 0.25) is 5.88 Å². The first-order chi connectivity index (χ1) is 16.1. The Kier molecular flexibility index (Phi) is 5.28. The van der Waals surface area contributed by atoms with Gasteiger partial charge in [-0.1, -0.05) is 48.5 Å². The van der Waals surface area contributed by atoms with Crippen molar-refractivity contribution in [3.05, 3.63) is 96.3 Å². The van der Waals surface area contributed by atoms with E-state index in [-0.39, 0.29) is 5.91 Å². The van der Waals surface area contributed by atoms with Gasteiger partial charge < -0.3 is 10.1 Å². The predicted octanol–water partition coefficient (Wildman–Crippen LogP) is 5.38. The van der Waals surface area contributed by atoms with E-state index < -0.39 is 0 Å². The van der Waals surface area contributed by atoms with Gasteiger partial charge in [-0.25, -0.2) is 9.97 Å². The number of carbonyl (C=O) groups is 1. The number of aromatic nitrogens is 4.